The van der Waals surface area contributed by atoms with Gasteiger partial charge in [0.25, 0.3) is 0 Å². The molecule has 2 nitrogen and oxygen atoms in total. The van der Waals surface area contributed by atoms with Gasteiger partial charge in [0.05, 0.1) is 22.4 Å². The highest BCUT2D eigenvalue weighted by Gasteiger charge is 2.11. The average Bonchev–Trinajstić information content (AvgIpc) is 2.45. The van der Waals surface area contributed by atoms with E-state index in [9.17, 15) is 0 Å². The zero-order valence-electron chi connectivity index (χ0n) is 10.0. The normalized spacial score (nSPS) is 11.9. The second-order valence-electron chi connectivity index (χ2n) is 4.28. The van der Waals surface area contributed by atoms with Gasteiger partial charge in [-0.05, 0) is 12.1 Å². The van der Waals surface area contributed by atoms with E-state index in [0.29, 0.717) is 0 Å². The topological polar surface area (TPSA) is 25.8 Å². The summed E-state index contributed by atoms with van der Waals surface area (Å²) < 4.78 is 0.0795. The van der Waals surface area contributed by atoms with Crippen molar-refractivity contribution < 1.29 is 0 Å². The van der Waals surface area contributed by atoms with Gasteiger partial charge < -0.3 is 0 Å². The minimum Gasteiger partial charge on any atom is -0.248 e. The largest absolute Gasteiger partial charge is 0.248 e. The first-order valence-corrected chi connectivity index (χ1v) is 9.49. The van der Waals surface area contributed by atoms with Crippen LogP contribution < -0.4 is 0 Å². The second-order valence-corrected chi connectivity index (χ2v) is 10.4. The van der Waals surface area contributed by atoms with Crippen LogP contribution in [0.5, 0.6) is 0 Å². The molecule has 2 aromatic heterocycles. The first-order chi connectivity index (χ1) is 9.56. The Hall–Kier alpha value is -0.0400. The molecule has 0 N–H and O–H groups in total. The number of benzene rings is 1. The molecule has 0 aliphatic rings. The van der Waals surface area contributed by atoms with Crippen LogP contribution in [-0.2, 0) is 0 Å². The second kappa shape index (κ2) is 5.99. The average molecular weight is 524 g/mol. The SMILES string of the molecule is BrC(Br)c1ccc2ccc3ccc(C(Br)Br)nc3c2n1. The minimum absolute atomic E-state index is 0.0398. The number of rotatable bonds is 2. The van der Waals surface area contributed by atoms with E-state index in [2.05, 4.69) is 88.0 Å². The van der Waals surface area contributed by atoms with Crippen LogP contribution in [0, 0.1) is 0 Å². The third-order valence-electron chi connectivity index (χ3n) is 3.01. The van der Waals surface area contributed by atoms with Gasteiger partial charge in [0.1, 0.15) is 7.47 Å². The number of fused-ring (bicyclic) bond motifs is 3. The fraction of sp³-hybridized carbons (Fsp3) is 0.143. The first-order valence-electron chi connectivity index (χ1n) is 5.83. The monoisotopic (exact) mass is 520 g/mol. The van der Waals surface area contributed by atoms with Crippen LogP contribution in [-0.4, -0.2) is 9.97 Å². The fourth-order valence-corrected chi connectivity index (χ4v) is 3.06. The molecule has 1 aromatic carbocycles. The lowest BCUT2D eigenvalue weighted by atomic mass is 10.1. The van der Waals surface area contributed by atoms with Crippen molar-refractivity contribution in [1.82, 2.24) is 9.97 Å². The third kappa shape index (κ3) is 2.80. The van der Waals surface area contributed by atoms with E-state index in [1.165, 1.54) is 0 Å². The number of halogens is 4. The lowest BCUT2D eigenvalue weighted by molar-refractivity contribution is 1.20. The molecule has 0 fully saturated rings. The number of nitrogens with zero attached hydrogens (tertiary/aromatic N) is 2. The summed E-state index contributed by atoms with van der Waals surface area (Å²) in [5.41, 5.74) is 3.72. The van der Waals surface area contributed by atoms with Crippen molar-refractivity contribution in [3.8, 4) is 0 Å². The molecule has 3 aromatic rings. The minimum atomic E-state index is 0.0398. The van der Waals surface area contributed by atoms with E-state index in [1.807, 2.05) is 12.1 Å². The van der Waals surface area contributed by atoms with Gasteiger partial charge >= 0.3 is 0 Å². The molecule has 0 amide bonds. The maximum atomic E-state index is 4.72. The van der Waals surface area contributed by atoms with Gasteiger partial charge in [-0.25, -0.2) is 9.97 Å². The van der Waals surface area contributed by atoms with E-state index in [1.54, 1.807) is 0 Å². The zero-order chi connectivity index (χ0) is 14.3. The van der Waals surface area contributed by atoms with Crippen molar-refractivity contribution in [3.63, 3.8) is 0 Å². The lowest BCUT2D eigenvalue weighted by Crippen LogP contribution is -1.93. The highest BCUT2D eigenvalue weighted by Crippen LogP contribution is 2.33. The summed E-state index contributed by atoms with van der Waals surface area (Å²) in [4.78, 5) is 9.43. The van der Waals surface area contributed by atoms with Gasteiger partial charge in [-0.15, -0.1) is 0 Å². The van der Waals surface area contributed by atoms with Crippen LogP contribution in [0.3, 0.4) is 0 Å². The lowest BCUT2D eigenvalue weighted by Gasteiger charge is -2.08. The number of aromatic nitrogens is 2. The molecule has 0 bridgehead atoms. The van der Waals surface area contributed by atoms with E-state index in [4.69, 9.17) is 9.97 Å². The highest BCUT2D eigenvalue weighted by atomic mass is 79.9. The van der Waals surface area contributed by atoms with Gasteiger partial charge in [-0.2, -0.15) is 0 Å². The molecule has 0 radical (unpaired) electrons. The van der Waals surface area contributed by atoms with Crippen molar-refractivity contribution >= 4 is 85.5 Å². The number of pyridine rings is 2. The fourth-order valence-electron chi connectivity index (χ4n) is 2.04. The predicted molar refractivity (Wildman–Crippen MR) is 98.2 cm³/mol. The summed E-state index contributed by atoms with van der Waals surface area (Å²) in [5.74, 6) is 0. The van der Waals surface area contributed by atoms with Crippen molar-refractivity contribution in [2.75, 3.05) is 0 Å². The molecule has 0 spiro atoms. The molecular formula is C14H8Br4N2. The molecule has 20 heavy (non-hydrogen) atoms. The van der Waals surface area contributed by atoms with E-state index in [-0.39, 0.29) is 7.47 Å². The Morgan fingerprint density at radius 1 is 0.600 bits per heavy atom. The molecule has 0 aliphatic heterocycles. The van der Waals surface area contributed by atoms with Crippen LogP contribution in [0.2, 0.25) is 0 Å². The maximum Gasteiger partial charge on any atom is 0.112 e. The maximum absolute atomic E-state index is 4.72. The highest BCUT2D eigenvalue weighted by molar-refractivity contribution is 9.24. The Labute approximate surface area is 149 Å². The van der Waals surface area contributed by atoms with Gasteiger partial charge in [0.2, 0.25) is 0 Å². The third-order valence-corrected chi connectivity index (χ3v) is 4.89. The van der Waals surface area contributed by atoms with Crippen LogP contribution in [0.15, 0.2) is 36.4 Å². The summed E-state index contributed by atoms with van der Waals surface area (Å²) in [6, 6.07) is 12.3. The predicted octanol–water partition coefficient (Wildman–Crippen LogP) is 6.36. The van der Waals surface area contributed by atoms with E-state index in [0.717, 1.165) is 33.2 Å². The Balaban J connectivity index is 2.36. The van der Waals surface area contributed by atoms with Gasteiger partial charge in [0.15, 0.2) is 0 Å². The Bertz CT molecular complexity index is 720. The van der Waals surface area contributed by atoms with Gasteiger partial charge in [-0.1, -0.05) is 88.0 Å². The summed E-state index contributed by atoms with van der Waals surface area (Å²) in [6.07, 6.45) is 0. The van der Waals surface area contributed by atoms with E-state index < -0.39 is 0 Å². The quantitative estimate of drug-likeness (QED) is 0.289. The standard InChI is InChI=1S/C14H8Br4N2/c15-13(16)9-5-3-7-1-2-8-4-6-10(14(17)18)20-12(8)11(7)19-9/h1-6,13-14H. The molecule has 6 heteroatoms. The van der Waals surface area contributed by atoms with Crippen LogP contribution in [0.25, 0.3) is 21.8 Å². The molecule has 0 unspecified atom stereocenters. The molecule has 2 heterocycles. The Kier molecular flexibility index (Phi) is 4.45. The van der Waals surface area contributed by atoms with Crippen molar-refractivity contribution in [2.45, 2.75) is 7.47 Å². The Morgan fingerprint density at radius 2 is 0.950 bits per heavy atom. The summed E-state index contributed by atoms with van der Waals surface area (Å²) in [7, 11) is 0. The number of alkyl halides is 4. The van der Waals surface area contributed by atoms with Crippen LogP contribution >= 0.6 is 63.7 Å². The zero-order valence-corrected chi connectivity index (χ0v) is 16.4. The molecule has 0 saturated carbocycles. The van der Waals surface area contributed by atoms with Gasteiger partial charge in [0, 0.05) is 10.8 Å². The molecule has 3 rings (SSSR count). The molecule has 102 valence electrons. The molecule has 0 saturated heterocycles. The van der Waals surface area contributed by atoms with Crippen molar-refractivity contribution in [3.05, 3.63) is 47.8 Å². The molecule has 0 atom stereocenters. The first kappa shape index (κ1) is 14.9. The smallest absolute Gasteiger partial charge is 0.112 e. The summed E-state index contributed by atoms with van der Waals surface area (Å²) in [6.45, 7) is 0. The summed E-state index contributed by atoms with van der Waals surface area (Å²) >= 11 is 14.0. The Morgan fingerprint density at radius 3 is 1.30 bits per heavy atom. The molecule has 0 aliphatic carbocycles. The van der Waals surface area contributed by atoms with Crippen molar-refractivity contribution in [1.29, 1.82) is 0 Å². The van der Waals surface area contributed by atoms with Crippen LogP contribution in [0.4, 0.5) is 0 Å². The summed E-state index contributed by atoms with van der Waals surface area (Å²) in [5, 5.41) is 2.18. The van der Waals surface area contributed by atoms with E-state index >= 15 is 0 Å². The van der Waals surface area contributed by atoms with Gasteiger partial charge in [-0.3, -0.25) is 0 Å². The number of hydrogen-bond acceptors (Lipinski definition) is 2. The van der Waals surface area contributed by atoms with Crippen molar-refractivity contribution in [2.24, 2.45) is 0 Å². The van der Waals surface area contributed by atoms with Crippen LogP contribution in [0.1, 0.15) is 18.9 Å². The molecular weight excluding hydrogens is 516 g/mol. The number of hydrogen-bond donors (Lipinski definition) is 0.